The standard InChI is InChI=1S/C13H26O4/c1-12(2,3)9-13(4,5)11(16)17-10(8-15)6-7-14/h8,10-11,14,16H,6-7,9H2,1-5H3. The molecule has 0 aromatic carbocycles. The van der Waals surface area contributed by atoms with Crippen molar-refractivity contribution in [2.24, 2.45) is 10.8 Å². The summed E-state index contributed by atoms with van der Waals surface area (Å²) in [7, 11) is 0. The Balaban J connectivity index is 4.46. The molecule has 2 N–H and O–H groups in total. The largest absolute Gasteiger partial charge is 0.396 e. The number of carbonyl (C=O) groups excluding carboxylic acids is 1. The van der Waals surface area contributed by atoms with E-state index in [1.165, 1.54) is 0 Å². The minimum absolute atomic E-state index is 0.0709. The van der Waals surface area contributed by atoms with Crippen LogP contribution in [-0.2, 0) is 9.53 Å². The first kappa shape index (κ1) is 16.6. The molecule has 4 nitrogen and oxygen atoms in total. The van der Waals surface area contributed by atoms with Crippen molar-refractivity contribution >= 4 is 6.29 Å². The number of hydrogen-bond donors (Lipinski definition) is 2. The fourth-order valence-electron chi connectivity index (χ4n) is 2.10. The molecule has 0 aliphatic rings. The van der Waals surface area contributed by atoms with Crippen LogP contribution < -0.4 is 0 Å². The Hall–Kier alpha value is -0.450. The smallest absolute Gasteiger partial charge is 0.160 e. The van der Waals surface area contributed by atoms with Crippen molar-refractivity contribution in [3.8, 4) is 0 Å². The summed E-state index contributed by atoms with van der Waals surface area (Å²) in [6.45, 7) is 9.95. The molecule has 0 saturated heterocycles. The van der Waals surface area contributed by atoms with Crippen molar-refractivity contribution in [2.75, 3.05) is 6.61 Å². The highest BCUT2D eigenvalue weighted by Gasteiger charge is 2.34. The Bertz CT molecular complexity index is 230. The van der Waals surface area contributed by atoms with Crippen LogP contribution in [-0.4, -0.2) is 35.5 Å². The van der Waals surface area contributed by atoms with E-state index < -0.39 is 17.8 Å². The molecule has 17 heavy (non-hydrogen) atoms. The first-order valence-electron chi connectivity index (χ1n) is 6.02. The number of hydrogen-bond acceptors (Lipinski definition) is 4. The van der Waals surface area contributed by atoms with E-state index in [1.807, 2.05) is 13.8 Å². The predicted molar refractivity (Wildman–Crippen MR) is 66.5 cm³/mol. The number of carbonyl (C=O) groups is 1. The van der Waals surface area contributed by atoms with E-state index >= 15 is 0 Å². The van der Waals surface area contributed by atoms with Crippen LogP contribution in [0.4, 0.5) is 0 Å². The first-order chi connectivity index (χ1) is 7.62. The highest BCUT2D eigenvalue weighted by atomic mass is 16.6. The molecule has 0 spiro atoms. The van der Waals surface area contributed by atoms with Crippen molar-refractivity contribution in [1.29, 1.82) is 0 Å². The number of rotatable bonds is 7. The molecule has 4 heteroatoms. The second-order valence-corrected chi connectivity index (χ2v) is 6.40. The lowest BCUT2D eigenvalue weighted by Gasteiger charge is -2.36. The molecule has 0 aliphatic carbocycles. The molecule has 0 amide bonds. The summed E-state index contributed by atoms with van der Waals surface area (Å²) >= 11 is 0. The molecular weight excluding hydrogens is 220 g/mol. The summed E-state index contributed by atoms with van der Waals surface area (Å²) < 4.78 is 5.28. The van der Waals surface area contributed by atoms with Crippen LogP contribution in [0.25, 0.3) is 0 Å². The van der Waals surface area contributed by atoms with Gasteiger partial charge in [-0.05, 0) is 11.8 Å². The van der Waals surface area contributed by atoms with E-state index in [1.54, 1.807) is 0 Å². The van der Waals surface area contributed by atoms with Gasteiger partial charge in [0.05, 0.1) is 0 Å². The van der Waals surface area contributed by atoms with Crippen LogP contribution in [0.3, 0.4) is 0 Å². The number of aliphatic hydroxyl groups excluding tert-OH is 2. The van der Waals surface area contributed by atoms with Gasteiger partial charge in [0.2, 0.25) is 0 Å². The molecule has 0 radical (unpaired) electrons. The zero-order chi connectivity index (χ0) is 13.7. The summed E-state index contributed by atoms with van der Waals surface area (Å²) in [6.07, 6.45) is -0.150. The number of aliphatic hydroxyl groups is 2. The monoisotopic (exact) mass is 246 g/mol. The van der Waals surface area contributed by atoms with E-state index in [4.69, 9.17) is 9.84 Å². The van der Waals surface area contributed by atoms with Crippen molar-refractivity contribution in [3.05, 3.63) is 0 Å². The summed E-state index contributed by atoms with van der Waals surface area (Å²) in [6, 6.07) is 0. The minimum Gasteiger partial charge on any atom is -0.396 e. The van der Waals surface area contributed by atoms with Crippen LogP contribution in [0, 0.1) is 10.8 Å². The Labute approximate surface area is 104 Å². The van der Waals surface area contributed by atoms with Crippen LogP contribution in [0.1, 0.15) is 47.5 Å². The van der Waals surface area contributed by atoms with Crippen molar-refractivity contribution in [1.82, 2.24) is 0 Å². The zero-order valence-electron chi connectivity index (χ0n) is 11.6. The van der Waals surface area contributed by atoms with Crippen LogP contribution >= 0.6 is 0 Å². The lowest BCUT2D eigenvalue weighted by atomic mass is 9.76. The number of aldehydes is 1. The molecule has 0 bridgehead atoms. The average Bonchev–Trinajstić information content (AvgIpc) is 2.13. The molecule has 0 rings (SSSR count). The highest BCUT2D eigenvalue weighted by molar-refractivity contribution is 5.55. The van der Waals surface area contributed by atoms with E-state index in [-0.39, 0.29) is 18.4 Å². The van der Waals surface area contributed by atoms with Crippen LogP contribution in [0.5, 0.6) is 0 Å². The van der Waals surface area contributed by atoms with E-state index in [0.717, 1.165) is 6.42 Å². The van der Waals surface area contributed by atoms with Crippen LogP contribution in [0.15, 0.2) is 0 Å². The van der Waals surface area contributed by atoms with E-state index in [9.17, 15) is 9.90 Å². The minimum atomic E-state index is -1.01. The Morgan fingerprint density at radius 2 is 1.76 bits per heavy atom. The van der Waals surface area contributed by atoms with Gasteiger partial charge >= 0.3 is 0 Å². The maximum Gasteiger partial charge on any atom is 0.160 e. The third kappa shape index (κ3) is 6.76. The van der Waals surface area contributed by atoms with Crippen molar-refractivity contribution in [2.45, 2.75) is 59.9 Å². The predicted octanol–water partition coefficient (Wildman–Crippen LogP) is 1.73. The second kappa shape index (κ2) is 6.47. The average molecular weight is 246 g/mol. The SMILES string of the molecule is CC(C)(C)CC(C)(C)C(O)OC(C=O)CCO. The Morgan fingerprint density at radius 1 is 1.24 bits per heavy atom. The maximum absolute atomic E-state index is 10.7. The van der Waals surface area contributed by atoms with Crippen molar-refractivity contribution in [3.63, 3.8) is 0 Å². The van der Waals surface area contributed by atoms with Gasteiger partial charge in [0.15, 0.2) is 6.29 Å². The Kier molecular flexibility index (Phi) is 6.30. The lowest BCUT2D eigenvalue weighted by Crippen LogP contribution is -2.38. The molecule has 0 heterocycles. The van der Waals surface area contributed by atoms with Gasteiger partial charge in [-0.1, -0.05) is 34.6 Å². The van der Waals surface area contributed by atoms with Gasteiger partial charge in [-0.25, -0.2) is 0 Å². The van der Waals surface area contributed by atoms with Gasteiger partial charge in [0.1, 0.15) is 12.4 Å². The first-order valence-corrected chi connectivity index (χ1v) is 6.02. The van der Waals surface area contributed by atoms with Gasteiger partial charge in [-0.15, -0.1) is 0 Å². The Morgan fingerprint density at radius 3 is 2.12 bits per heavy atom. The van der Waals surface area contributed by atoms with Gasteiger partial charge < -0.3 is 19.7 Å². The molecule has 2 unspecified atom stereocenters. The molecule has 0 fully saturated rings. The summed E-state index contributed by atoms with van der Waals surface area (Å²) in [5.74, 6) is 0. The quantitative estimate of drug-likeness (QED) is 0.530. The van der Waals surface area contributed by atoms with Gasteiger partial charge in [-0.3, -0.25) is 0 Å². The zero-order valence-corrected chi connectivity index (χ0v) is 11.6. The van der Waals surface area contributed by atoms with E-state index in [2.05, 4.69) is 20.8 Å². The van der Waals surface area contributed by atoms with E-state index in [0.29, 0.717) is 6.29 Å². The highest BCUT2D eigenvalue weighted by Crippen LogP contribution is 2.36. The summed E-state index contributed by atoms with van der Waals surface area (Å²) in [4.78, 5) is 10.7. The fraction of sp³-hybridized carbons (Fsp3) is 0.923. The van der Waals surface area contributed by atoms with Crippen LogP contribution in [0.2, 0.25) is 0 Å². The second-order valence-electron chi connectivity index (χ2n) is 6.40. The maximum atomic E-state index is 10.7. The molecule has 102 valence electrons. The fourth-order valence-corrected chi connectivity index (χ4v) is 2.10. The lowest BCUT2D eigenvalue weighted by molar-refractivity contribution is -0.198. The topological polar surface area (TPSA) is 66.8 Å². The summed E-state index contributed by atoms with van der Waals surface area (Å²) in [5.41, 5.74) is -0.365. The molecule has 0 aromatic heterocycles. The van der Waals surface area contributed by atoms with Gasteiger partial charge in [0, 0.05) is 18.4 Å². The summed E-state index contributed by atoms with van der Waals surface area (Å²) in [5, 5.41) is 18.8. The molecular formula is C13H26O4. The number of ether oxygens (including phenoxy) is 1. The molecule has 2 atom stereocenters. The normalized spacial score (nSPS) is 16.6. The molecule has 0 saturated carbocycles. The molecule has 0 aromatic rings. The van der Waals surface area contributed by atoms with Gasteiger partial charge in [0.25, 0.3) is 0 Å². The third-order valence-electron chi connectivity index (χ3n) is 2.52. The molecule has 0 aliphatic heterocycles. The van der Waals surface area contributed by atoms with Crippen molar-refractivity contribution < 1.29 is 19.7 Å². The van der Waals surface area contributed by atoms with Gasteiger partial charge in [-0.2, -0.15) is 0 Å². The third-order valence-corrected chi connectivity index (χ3v) is 2.52.